The highest BCUT2D eigenvalue weighted by Crippen LogP contribution is 2.30. The van der Waals surface area contributed by atoms with Crippen molar-refractivity contribution in [1.82, 2.24) is 10.3 Å². The molecule has 0 aliphatic rings. The van der Waals surface area contributed by atoms with Crippen molar-refractivity contribution in [3.8, 4) is 5.75 Å². The van der Waals surface area contributed by atoms with E-state index < -0.39 is 0 Å². The summed E-state index contributed by atoms with van der Waals surface area (Å²) in [6.07, 6.45) is 0. The van der Waals surface area contributed by atoms with E-state index in [1.807, 2.05) is 6.92 Å². The Morgan fingerprint density at radius 2 is 1.82 bits per heavy atom. The molecule has 2 aromatic carbocycles. The van der Waals surface area contributed by atoms with Gasteiger partial charge in [-0.15, -0.1) is 0 Å². The first-order chi connectivity index (χ1) is 13.3. The van der Waals surface area contributed by atoms with Crippen molar-refractivity contribution in [3.63, 3.8) is 0 Å². The smallest absolute Gasteiger partial charge is 0.257 e. The van der Waals surface area contributed by atoms with Gasteiger partial charge < -0.3 is 10.1 Å². The van der Waals surface area contributed by atoms with Crippen molar-refractivity contribution in [2.75, 3.05) is 11.9 Å². The second kappa shape index (κ2) is 8.67. The highest BCUT2D eigenvalue weighted by atomic mass is 32.1. The summed E-state index contributed by atoms with van der Waals surface area (Å²) in [5.74, 6) is 0.911. The summed E-state index contributed by atoms with van der Waals surface area (Å²) in [5, 5.41) is 6.59. The number of nitrogens with zero attached hydrogens (tertiary/aromatic N) is 1. The quantitative estimate of drug-likeness (QED) is 0.572. The van der Waals surface area contributed by atoms with E-state index in [0.29, 0.717) is 23.2 Å². The minimum Gasteiger partial charge on any atom is -0.493 e. The molecule has 0 bridgehead atoms. The number of nitrogens with one attached hydrogen (secondary N) is 2. The fourth-order valence-electron chi connectivity index (χ4n) is 2.58. The van der Waals surface area contributed by atoms with Crippen molar-refractivity contribution in [3.05, 3.63) is 53.1 Å². The van der Waals surface area contributed by atoms with Crippen LogP contribution >= 0.6 is 23.6 Å². The maximum absolute atomic E-state index is 12.4. The number of thiocarbonyl (C=S) groups is 1. The van der Waals surface area contributed by atoms with Crippen molar-refractivity contribution < 1.29 is 9.53 Å². The van der Waals surface area contributed by atoms with Crippen LogP contribution in [0.1, 0.15) is 35.3 Å². The summed E-state index contributed by atoms with van der Waals surface area (Å²) < 4.78 is 6.75. The van der Waals surface area contributed by atoms with Gasteiger partial charge >= 0.3 is 0 Å². The second-order valence-electron chi connectivity index (χ2n) is 7.03. The van der Waals surface area contributed by atoms with Crippen LogP contribution < -0.4 is 15.4 Å². The van der Waals surface area contributed by atoms with Crippen LogP contribution in [0.2, 0.25) is 0 Å². The normalized spacial score (nSPS) is 10.9. The number of aromatic nitrogens is 1. The number of carbonyl (C=O) groups is 1. The molecule has 0 saturated carbocycles. The van der Waals surface area contributed by atoms with Crippen LogP contribution in [0.4, 0.5) is 5.13 Å². The minimum absolute atomic E-state index is 0.222. The maximum atomic E-state index is 12.4. The van der Waals surface area contributed by atoms with Gasteiger partial charge in [-0.05, 0) is 67.4 Å². The Kier molecular flexibility index (Phi) is 6.26. The predicted molar refractivity (Wildman–Crippen MR) is 120 cm³/mol. The van der Waals surface area contributed by atoms with Gasteiger partial charge in [-0.1, -0.05) is 37.3 Å². The van der Waals surface area contributed by atoms with Crippen molar-refractivity contribution in [2.24, 2.45) is 5.92 Å². The van der Waals surface area contributed by atoms with Crippen LogP contribution in [0.15, 0.2) is 36.4 Å². The van der Waals surface area contributed by atoms with Crippen LogP contribution in [-0.2, 0) is 0 Å². The zero-order valence-electron chi connectivity index (χ0n) is 16.3. The van der Waals surface area contributed by atoms with Crippen LogP contribution in [0.5, 0.6) is 5.75 Å². The molecule has 0 aliphatic heterocycles. The van der Waals surface area contributed by atoms with E-state index in [-0.39, 0.29) is 11.0 Å². The first-order valence-corrected chi connectivity index (χ1v) is 10.3. The Morgan fingerprint density at radius 1 is 1.14 bits per heavy atom. The Hall–Kier alpha value is -2.51. The SMILES string of the molecule is Cc1ccc(C)c2sc(NC(=S)NC(=O)c3ccc(OCC(C)C)cc3)nc12. The predicted octanol–water partition coefficient (Wildman–Crippen LogP) is 5.07. The molecule has 0 saturated heterocycles. The lowest BCUT2D eigenvalue weighted by atomic mass is 10.1. The number of benzene rings is 2. The zero-order valence-corrected chi connectivity index (χ0v) is 18.0. The number of hydrogen-bond donors (Lipinski definition) is 2. The summed E-state index contributed by atoms with van der Waals surface area (Å²) in [6, 6.07) is 11.1. The number of amides is 1. The van der Waals surface area contributed by atoms with E-state index in [2.05, 4.69) is 48.5 Å². The van der Waals surface area contributed by atoms with E-state index in [1.165, 1.54) is 16.9 Å². The molecule has 1 heterocycles. The fourth-order valence-corrected chi connectivity index (χ4v) is 3.85. The molecule has 1 amide bonds. The van der Waals surface area contributed by atoms with Crippen LogP contribution in [0.3, 0.4) is 0 Å². The monoisotopic (exact) mass is 413 g/mol. The van der Waals surface area contributed by atoms with Crippen molar-refractivity contribution in [2.45, 2.75) is 27.7 Å². The van der Waals surface area contributed by atoms with Crippen LogP contribution in [0.25, 0.3) is 10.2 Å². The van der Waals surface area contributed by atoms with Gasteiger partial charge in [0.1, 0.15) is 5.75 Å². The molecule has 0 spiro atoms. The number of carbonyl (C=O) groups excluding carboxylic acids is 1. The molecule has 1 aromatic heterocycles. The lowest BCUT2D eigenvalue weighted by molar-refractivity contribution is 0.0977. The maximum Gasteiger partial charge on any atom is 0.257 e. The molecule has 7 heteroatoms. The number of aryl methyl sites for hydroxylation is 2. The summed E-state index contributed by atoms with van der Waals surface area (Å²) in [4.78, 5) is 17.0. The van der Waals surface area contributed by atoms with Gasteiger partial charge in [-0.3, -0.25) is 10.1 Å². The summed E-state index contributed by atoms with van der Waals surface area (Å²) in [6.45, 7) is 8.90. The third-order valence-electron chi connectivity index (χ3n) is 4.09. The number of thiazole rings is 1. The Bertz CT molecular complexity index is 971. The largest absolute Gasteiger partial charge is 0.493 e. The Morgan fingerprint density at radius 3 is 2.46 bits per heavy atom. The molecule has 146 valence electrons. The molecule has 5 nitrogen and oxygen atoms in total. The van der Waals surface area contributed by atoms with E-state index in [9.17, 15) is 4.79 Å². The zero-order chi connectivity index (χ0) is 20.3. The molecule has 2 N–H and O–H groups in total. The molecular weight excluding hydrogens is 390 g/mol. The van der Waals surface area contributed by atoms with Crippen molar-refractivity contribution in [1.29, 1.82) is 0 Å². The van der Waals surface area contributed by atoms with Crippen molar-refractivity contribution >= 4 is 49.9 Å². The molecule has 0 unspecified atom stereocenters. The lowest BCUT2D eigenvalue weighted by Crippen LogP contribution is -2.34. The molecular formula is C21H23N3O2S2. The van der Waals surface area contributed by atoms with Gasteiger partial charge in [-0.25, -0.2) is 4.98 Å². The minimum atomic E-state index is -0.276. The molecule has 0 atom stereocenters. The highest BCUT2D eigenvalue weighted by Gasteiger charge is 2.12. The van der Waals surface area contributed by atoms with E-state index in [0.717, 1.165) is 21.5 Å². The Labute approximate surface area is 174 Å². The van der Waals surface area contributed by atoms with E-state index in [1.54, 1.807) is 24.3 Å². The number of hydrogen-bond acceptors (Lipinski definition) is 5. The standard InChI is InChI=1S/C21H23N3O2S2/c1-12(2)11-26-16-9-7-15(8-10-16)19(25)23-20(27)24-21-22-17-13(3)5-6-14(4)18(17)28-21/h5-10,12H,11H2,1-4H3,(H2,22,23,24,25,27). The van der Waals surface area contributed by atoms with Gasteiger partial charge in [0.2, 0.25) is 0 Å². The molecule has 0 fully saturated rings. The molecule has 0 aliphatic carbocycles. The first kappa shape index (κ1) is 20.2. The van der Waals surface area contributed by atoms with Crippen LogP contribution in [-0.4, -0.2) is 22.6 Å². The lowest BCUT2D eigenvalue weighted by Gasteiger charge is -2.10. The third-order valence-corrected chi connectivity index (χ3v) is 5.40. The summed E-state index contributed by atoms with van der Waals surface area (Å²) in [5.41, 5.74) is 3.75. The summed E-state index contributed by atoms with van der Waals surface area (Å²) in [7, 11) is 0. The fraction of sp³-hybridized carbons (Fsp3) is 0.286. The van der Waals surface area contributed by atoms with Gasteiger partial charge in [-0.2, -0.15) is 0 Å². The van der Waals surface area contributed by atoms with Gasteiger partial charge in [0.25, 0.3) is 5.91 Å². The number of rotatable bonds is 5. The highest BCUT2D eigenvalue weighted by molar-refractivity contribution is 7.80. The average molecular weight is 414 g/mol. The number of ether oxygens (including phenoxy) is 1. The first-order valence-electron chi connectivity index (χ1n) is 9.05. The van der Waals surface area contributed by atoms with Crippen LogP contribution in [0, 0.1) is 19.8 Å². The number of fused-ring (bicyclic) bond motifs is 1. The summed E-state index contributed by atoms with van der Waals surface area (Å²) >= 11 is 6.80. The van der Waals surface area contributed by atoms with Gasteiger partial charge in [0.15, 0.2) is 10.2 Å². The molecule has 28 heavy (non-hydrogen) atoms. The molecule has 3 aromatic rings. The number of anilines is 1. The molecule has 3 rings (SSSR count). The average Bonchev–Trinajstić information content (AvgIpc) is 3.08. The topological polar surface area (TPSA) is 63.2 Å². The molecule has 0 radical (unpaired) electrons. The van der Waals surface area contributed by atoms with Gasteiger partial charge in [0.05, 0.1) is 16.8 Å². The Balaban J connectivity index is 1.62. The second-order valence-corrected chi connectivity index (χ2v) is 8.44. The van der Waals surface area contributed by atoms with Gasteiger partial charge in [0, 0.05) is 5.56 Å². The van der Waals surface area contributed by atoms with E-state index >= 15 is 0 Å². The third kappa shape index (κ3) is 4.85. The van der Waals surface area contributed by atoms with E-state index in [4.69, 9.17) is 17.0 Å².